The van der Waals surface area contributed by atoms with Crippen molar-refractivity contribution in [1.29, 1.82) is 0 Å². The third-order valence-corrected chi connectivity index (χ3v) is 6.52. The molecule has 9 nitrogen and oxygen atoms in total. The summed E-state index contributed by atoms with van der Waals surface area (Å²) in [6.45, 7) is -0.148. The van der Waals surface area contributed by atoms with Crippen LogP contribution in [0.5, 0.6) is 28.7 Å². The molecular formula is C32H28O9. The number of methoxy groups -OCH3 is 3. The molecule has 210 valence electrons. The molecule has 4 aromatic carbocycles. The molecule has 0 aliphatic carbocycles. The van der Waals surface area contributed by atoms with Crippen molar-refractivity contribution in [1.82, 2.24) is 0 Å². The number of hydrogen-bond acceptors (Lipinski definition) is 9. The first-order chi connectivity index (χ1) is 20.0. The second-order valence-electron chi connectivity index (χ2n) is 8.93. The summed E-state index contributed by atoms with van der Waals surface area (Å²) in [5.41, 5.74) is 3.18. The van der Waals surface area contributed by atoms with E-state index in [1.807, 2.05) is 12.1 Å². The maximum atomic E-state index is 12.8. The molecule has 0 saturated heterocycles. The molecule has 5 rings (SSSR count). The van der Waals surface area contributed by atoms with Crippen molar-refractivity contribution in [2.24, 2.45) is 0 Å². The van der Waals surface area contributed by atoms with Crippen LogP contribution < -0.4 is 23.7 Å². The summed E-state index contributed by atoms with van der Waals surface area (Å²) in [7, 11) is 4.51. The third-order valence-electron chi connectivity index (χ3n) is 6.52. The Balaban J connectivity index is 1.59. The Kier molecular flexibility index (Phi) is 8.24. The second kappa shape index (κ2) is 12.3. The second-order valence-corrected chi connectivity index (χ2v) is 8.93. The molecule has 1 heterocycles. The largest absolute Gasteiger partial charge is 0.493 e. The highest BCUT2D eigenvalue weighted by Crippen LogP contribution is 2.50. The average molecular weight is 557 g/mol. The lowest BCUT2D eigenvalue weighted by atomic mass is 9.93. The fraction of sp³-hybridized carbons (Fsp3) is 0.188. The van der Waals surface area contributed by atoms with Crippen LogP contribution in [-0.2, 0) is 22.7 Å². The number of rotatable bonds is 10. The number of hydrogen-bond donors (Lipinski definition) is 0. The van der Waals surface area contributed by atoms with Crippen molar-refractivity contribution in [2.45, 2.75) is 13.2 Å². The Labute approximate surface area is 237 Å². The highest BCUT2D eigenvalue weighted by molar-refractivity contribution is 5.90. The molecule has 4 aromatic rings. The Hall–Kier alpha value is -5.18. The van der Waals surface area contributed by atoms with Crippen LogP contribution in [0.25, 0.3) is 11.1 Å². The van der Waals surface area contributed by atoms with Gasteiger partial charge in [-0.15, -0.1) is 0 Å². The van der Waals surface area contributed by atoms with Crippen LogP contribution >= 0.6 is 0 Å². The van der Waals surface area contributed by atoms with E-state index >= 15 is 0 Å². The van der Waals surface area contributed by atoms with Gasteiger partial charge in [-0.05, 0) is 48.0 Å². The Bertz CT molecular complexity index is 1550. The summed E-state index contributed by atoms with van der Waals surface area (Å²) in [5.74, 6) is 1.11. The Morgan fingerprint density at radius 2 is 1.20 bits per heavy atom. The van der Waals surface area contributed by atoms with E-state index in [0.29, 0.717) is 62.1 Å². The zero-order valence-corrected chi connectivity index (χ0v) is 22.8. The van der Waals surface area contributed by atoms with Gasteiger partial charge in [0.05, 0.1) is 32.5 Å². The smallest absolute Gasteiger partial charge is 0.338 e. The first-order valence-electron chi connectivity index (χ1n) is 12.7. The summed E-state index contributed by atoms with van der Waals surface area (Å²) < 4.78 is 39.7. The molecule has 0 N–H and O–H groups in total. The van der Waals surface area contributed by atoms with Gasteiger partial charge in [0.25, 0.3) is 0 Å². The lowest BCUT2D eigenvalue weighted by Crippen LogP contribution is -2.09. The lowest BCUT2D eigenvalue weighted by Gasteiger charge is -2.22. The number of carbonyl (C=O) groups excluding carboxylic acids is 2. The number of benzene rings is 4. The summed E-state index contributed by atoms with van der Waals surface area (Å²) in [4.78, 5) is 25.6. The van der Waals surface area contributed by atoms with E-state index in [1.165, 1.54) is 21.3 Å². The predicted molar refractivity (Wildman–Crippen MR) is 149 cm³/mol. The molecule has 0 fully saturated rings. The molecule has 0 aromatic heterocycles. The highest BCUT2D eigenvalue weighted by Gasteiger charge is 2.27. The Morgan fingerprint density at radius 1 is 0.659 bits per heavy atom. The van der Waals surface area contributed by atoms with Crippen molar-refractivity contribution < 1.29 is 42.7 Å². The molecular weight excluding hydrogens is 528 g/mol. The first-order valence-corrected chi connectivity index (χ1v) is 12.7. The van der Waals surface area contributed by atoms with Gasteiger partial charge < -0.3 is 33.2 Å². The van der Waals surface area contributed by atoms with E-state index in [-0.39, 0.29) is 20.0 Å². The minimum atomic E-state index is -0.493. The number of esters is 2. The molecule has 0 atom stereocenters. The van der Waals surface area contributed by atoms with Gasteiger partial charge >= 0.3 is 11.9 Å². The van der Waals surface area contributed by atoms with Crippen LogP contribution in [0.2, 0.25) is 0 Å². The molecule has 0 spiro atoms. The van der Waals surface area contributed by atoms with Crippen molar-refractivity contribution in [3.63, 3.8) is 0 Å². The summed E-state index contributed by atoms with van der Waals surface area (Å²) in [6.07, 6.45) is 0. The van der Waals surface area contributed by atoms with Crippen LogP contribution in [0.4, 0.5) is 0 Å². The first kappa shape index (κ1) is 27.4. The SMILES string of the molecule is COc1cc(COC(=O)c2ccccc2)c(-c2cc3c(cc2COC(=O)c2ccccc2)OCO3)c(OC)c1OC. The quantitative estimate of drug-likeness (QED) is 0.224. The lowest BCUT2D eigenvalue weighted by molar-refractivity contribution is 0.0462. The highest BCUT2D eigenvalue weighted by atomic mass is 16.7. The summed E-state index contributed by atoms with van der Waals surface area (Å²) in [6, 6.07) is 22.7. The molecule has 1 aliphatic rings. The standard InChI is InChI=1S/C32H28O9/c1-35-27-15-23(18-39-32(34)21-12-8-5-9-13-21)28(30(37-3)29(27)36-2)24-16-26-25(40-19-41-26)14-22(24)17-38-31(33)20-10-6-4-7-11-20/h4-16H,17-19H2,1-3H3. The van der Waals surface area contributed by atoms with Gasteiger partial charge in [-0.1, -0.05) is 36.4 Å². The Morgan fingerprint density at radius 3 is 1.73 bits per heavy atom. The van der Waals surface area contributed by atoms with Gasteiger partial charge in [0.2, 0.25) is 12.5 Å². The van der Waals surface area contributed by atoms with Crippen molar-refractivity contribution in [2.75, 3.05) is 28.1 Å². The van der Waals surface area contributed by atoms with Crippen LogP contribution in [0.1, 0.15) is 31.8 Å². The number of fused-ring (bicyclic) bond motifs is 1. The van der Waals surface area contributed by atoms with Gasteiger partial charge in [0, 0.05) is 16.7 Å². The van der Waals surface area contributed by atoms with Crippen LogP contribution in [0.15, 0.2) is 78.9 Å². The summed E-state index contributed by atoms with van der Waals surface area (Å²) >= 11 is 0. The van der Waals surface area contributed by atoms with Crippen LogP contribution in [0, 0.1) is 0 Å². The van der Waals surface area contributed by atoms with Crippen molar-refractivity contribution >= 4 is 11.9 Å². The zero-order chi connectivity index (χ0) is 28.8. The van der Waals surface area contributed by atoms with Crippen molar-refractivity contribution in [3.8, 4) is 39.9 Å². The maximum Gasteiger partial charge on any atom is 0.338 e. The van der Waals surface area contributed by atoms with Gasteiger partial charge in [-0.2, -0.15) is 0 Å². The number of ether oxygens (including phenoxy) is 7. The molecule has 41 heavy (non-hydrogen) atoms. The normalized spacial score (nSPS) is 11.5. The molecule has 9 heteroatoms. The fourth-order valence-corrected chi connectivity index (χ4v) is 4.55. The molecule has 0 saturated carbocycles. The predicted octanol–water partition coefficient (Wildman–Crippen LogP) is 5.82. The molecule has 0 unspecified atom stereocenters. The maximum absolute atomic E-state index is 12.8. The summed E-state index contributed by atoms with van der Waals surface area (Å²) in [5, 5.41) is 0. The van der Waals surface area contributed by atoms with E-state index in [9.17, 15) is 9.59 Å². The molecule has 0 amide bonds. The van der Waals surface area contributed by atoms with Gasteiger partial charge in [0.1, 0.15) is 13.2 Å². The monoisotopic (exact) mass is 556 g/mol. The van der Waals surface area contributed by atoms with Crippen molar-refractivity contribution in [3.05, 3.63) is 101 Å². The third kappa shape index (κ3) is 5.74. The number of carbonyl (C=O) groups is 2. The molecule has 1 aliphatic heterocycles. The molecule has 0 bridgehead atoms. The average Bonchev–Trinajstić information content (AvgIpc) is 3.49. The van der Waals surface area contributed by atoms with Gasteiger partial charge in [-0.3, -0.25) is 0 Å². The zero-order valence-electron chi connectivity index (χ0n) is 22.8. The van der Waals surface area contributed by atoms with Gasteiger partial charge in [0.15, 0.2) is 23.0 Å². The minimum Gasteiger partial charge on any atom is -0.493 e. The fourth-order valence-electron chi connectivity index (χ4n) is 4.55. The van der Waals surface area contributed by atoms with E-state index in [1.54, 1.807) is 66.7 Å². The van der Waals surface area contributed by atoms with E-state index in [0.717, 1.165) is 0 Å². The van der Waals surface area contributed by atoms with E-state index < -0.39 is 11.9 Å². The van der Waals surface area contributed by atoms with Crippen LogP contribution in [0.3, 0.4) is 0 Å². The minimum absolute atomic E-state index is 0.0483. The molecule has 0 radical (unpaired) electrons. The van der Waals surface area contributed by atoms with E-state index in [2.05, 4.69) is 0 Å². The van der Waals surface area contributed by atoms with E-state index in [4.69, 9.17) is 33.2 Å². The van der Waals surface area contributed by atoms with Gasteiger partial charge in [-0.25, -0.2) is 9.59 Å². The van der Waals surface area contributed by atoms with Crippen LogP contribution in [-0.4, -0.2) is 40.1 Å². The topological polar surface area (TPSA) is 98.8 Å².